The van der Waals surface area contributed by atoms with Crippen LogP contribution >= 0.6 is 0 Å². The summed E-state index contributed by atoms with van der Waals surface area (Å²) in [5.74, 6) is -0.687. The number of alkyl halides is 3. The molecule has 152 valence electrons. The Morgan fingerprint density at radius 3 is 2.32 bits per heavy atom. The van der Waals surface area contributed by atoms with E-state index in [9.17, 15) is 26.4 Å². The Morgan fingerprint density at radius 2 is 1.79 bits per heavy atom. The Hall–Kier alpha value is -2.79. The van der Waals surface area contributed by atoms with Crippen LogP contribution in [0, 0.1) is 0 Å². The number of rotatable bonds is 6. The molecule has 11 heteroatoms. The number of hydrogen-bond acceptors (Lipinski definition) is 5. The fourth-order valence-electron chi connectivity index (χ4n) is 2.38. The standard InChI is InChI=1S/C17H18F3N3O4S/c1-21-16(24)13-8-12(28(25,26)22-2)9-14(27-3)15(13)23-11-6-4-5-10(7-11)17(18,19)20/h4-9,22-23H,1-3H3,(H,21,24). The van der Waals surface area contributed by atoms with Crippen molar-refractivity contribution in [3.05, 3.63) is 47.5 Å². The number of ether oxygens (including phenoxy) is 1. The van der Waals surface area contributed by atoms with Crippen molar-refractivity contribution < 1.29 is 31.1 Å². The SMILES string of the molecule is CNC(=O)c1cc(S(=O)(=O)NC)cc(OC)c1Nc1cccc(C(F)(F)F)c1. The zero-order valence-corrected chi connectivity index (χ0v) is 16.0. The van der Waals surface area contributed by atoms with E-state index < -0.39 is 27.7 Å². The molecule has 0 spiro atoms. The van der Waals surface area contributed by atoms with Gasteiger partial charge in [-0.3, -0.25) is 4.79 Å². The fourth-order valence-corrected chi connectivity index (χ4v) is 3.16. The molecule has 0 aromatic heterocycles. The summed E-state index contributed by atoms with van der Waals surface area (Å²) < 4.78 is 70.4. The smallest absolute Gasteiger partial charge is 0.416 e. The van der Waals surface area contributed by atoms with E-state index in [4.69, 9.17) is 4.74 Å². The molecule has 2 aromatic carbocycles. The van der Waals surface area contributed by atoms with E-state index in [1.807, 2.05) is 0 Å². The van der Waals surface area contributed by atoms with E-state index in [-0.39, 0.29) is 27.6 Å². The van der Waals surface area contributed by atoms with Gasteiger partial charge in [-0.15, -0.1) is 0 Å². The van der Waals surface area contributed by atoms with Crippen LogP contribution in [0.2, 0.25) is 0 Å². The van der Waals surface area contributed by atoms with Crippen LogP contribution in [-0.2, 0) is 16.2 Å². The number of benzene rings is 2. The first kappa shape index (κ1) is 21.5. The Labute approximate surface area is 159 Å². The van der Waals surface area contributed by atoms with Crippen molar-refractivity contribution in [3.63, 3.8) is 0 Å². The Bertz CT molecular complexity index is 992. The molecule has 7 nitrogen and oxygen atoms in total. The van der Waals surface area contributed by atoms with Crippen molar-refractivity contribution in [2.45, 2.75) is 11.1 Å². The van der Waals surface area contributed by atoms with E-state index >= 15 is 0 Å². The van der Waals surface area contributed by atoms with Crippen LogP contribution < -0.4 is 20.1 Å². The molecule has 2 rings (SSSR count). The summed E-state index contributed by atoms with van der Waals surface area (Å²) in [5.41, 5.74) is -0.931. The minimum atomic E-state index is -4.55. The second-order valence-electron chi connectivity index (χ2n) is 5.54. The van der Waals surface area contributed by atoms with Crippen molar-refractivity contribution in [2.75, 3.05) is 26.5 Å². The molecule has 0 saturated carbocycles. The maximum Gasteiger partial charge on any atom is 0.416 e. The number of carbonyl (C=O) groups excluding carboxylic acids is 1. The summed E-state index contributed by atoms with van der Waals surface area (Å²) in [6, 6.07) is 6.62. The predicted molar refractivity (Wildman–Crippen MR) is 97.4 cm³/mol. The van der Waals surface area contributed by atoms with Gasteiger partial charge in [0.25, 0.3) is 5.91 Å². The average molecular weight is 417 g/mol. The Balaban J connectivity index is 2.64. The van der Waals surface area contributed by atoms with Crippen LogP contribution in [0.1, 0.15) is 15.9 Å². The van der Waals surface area contributed by atoms with Crippen molar-refractivity contribution in [3.8, 4) is 5.75 Å². The number of anilines is 2. The molecule has 0 heterocycles. The molecule has 0 aliphatic heterocycles. The monoisotopic (exact) mass is 417 g/mol. The van der Waals surface area contributed by atoms with Gasteiger partial charge in [0.1, 0.15) is 5.75 Å². The molecule has 2 aromatic rings. The van der Waals surface area contributed by atoms with Gasteiger partial charge in [-0.25, -0.2) is 13.1 Å². The minimum Gasteiger partial charge on any atom is -0.495 e. The first-order valence-electron chi connectivity index (χ1n) is 7.85. The fraction of sp³-hybridized carbons (Fsp3) is 0.235. The highest BCUT2D eigenvalue weighted by molar-refractivity contribution is 7.89. The maximum absolute atomic E-state index is 12.9. The van der Waals surface area contributed by atoms with Crippen LogP contribution in [0.3, 0.4) is 0 Å². The molecule has 0 aliphatic carbocycles. The van der Waals surface area contributed by atoms with E-state index in [1.165, 1.54) is 33.3 Å². The highest BCUT2D eigenvalue weighted by Crippen LogP contribution is 2.36. The predicted octanol–water partition coefficient (Wildman–Crippen LogP) is 2.73. The minimum absolute atomic E-state index is 0.0243. The molecule has 0 bridgehead atoms. The molecular weight excluding hydrogens is 399 g/mol. The van der Waals surface area contributed by atoms with Crippen molar-refractivity contribution in [2.24, 2.45) is 0 Å². The molecule has 0 saturated heterocycles. The highest BCUT2D eigenvalue weighted by Gasteiger charge is 2.30. The zero-order chi connectivity index (χ0) is 21.1. The highest BCUT2D eigenvalue weighted by atomic mass is 32.2. The summed E-state index contributed by atoms with van der Waals surface area (Å²) in [5, 5.41) is 5.08. The molecule has 0 fully saturated rings. The third kappa shape index (κ3) is 4.54. The quantitative estimate of drug-likeness (QED) is 0.672. The third-order valence-electron chi connectivity index (χ3n) is 3.81. The van der Waals surface area contributed by atoms with Crippen LogP contribution in [0.5, 0.6) is 5.75 Å². The van der Waals surface area contributed by atoms with Crippen LogP contribution in [0.15, 0.2) is 41.3 Å². The number of amides is 1. The largest absolute Gasteiger partial charge is 0.495 e. The number of carbonyl (C=O) groups is 1. The third-order valence-corrected chi connectivity index (χ3v) is 5.20. The van der Waals surface area contributed by atoms with Crippen LogP contribution in [-0.4, -0.2) is 35.5 Å². The van der Waals surface area contributed by atoms with E-state index in [1.54, 1.807) is 0 Å². The first-order valence-corrected chi connectivity index (χ1v) is 9.33. The lowest BCUT2D eigenvalue weighted by atomic mass is 10.1. The molecule has 0 radical (unpaired) electrons. The lowest BCUT2D eigenvalue weighted by Gasteiger charge is -2.18. The van der Waals surface area contributed by atoms with Gasteiger partial charge < -0.3 is 15.4 Å². The second-order valence-corrected chi connectivity index (χ2v) is 7.42. The van der Waals surface area contributed by atoms with Gasteiger partial charge in [0.15, 0.2) is 0 Å². The normalized spacial score (nSPS) is 11.8. The van der Waals surface area contributed by atoms with Gasteiger partial charge in [0.2, 0.25) is 10.0 Å². The molecule has 28 heavy (non-hydrogen) atoms. The molecular formula is C17H18F3N3O4S. The van der Waals surface area contributed by atoms with Crippen LogP contribution in [0.4, 0.5) is 24.5 Å². The van der Waals surface area contributed by atoms with Gasteiger partial charge in [-0.1, -0.05) is 6.07 Å². The van der Waals surface area contributed by atoms with Crippen LogP contribution in [0.25, 0.3) is 0 Å². The van der Waals surface area contributed by atoms with Crippen molar-refractivity contribution in [1.82, 2.24) is 10.0 Å². The summed E-state index contributed by atoms with van der Waals surface area (Å²) in [4.78, 5) is 12.0. The summed E-state index contributed by atoms with van der Waals surface area (Å²) in [7, 11) is -0.111. The summed E-state index contributed by atoms with van der Waals surface area (Å²) in [6.45, 7) is 0. The number of methoxy groups -OCH3 is 1. The zero-order valence-electron chi connectivity index (χ0n) is 15.1. The summed E-state index contributed by atoms with van der Waals surface area (Å²) >= 11 is 0. The summed E-state index contributed by atoms with van der Waals surface area (Å²) in [6.07, 6.45) is -4.55. The van der Waals surface area contributed by atoms with Gasteiger partial charge >= 0.3 is 6.18 Å². The van der Waals surface area contributed by atoms with Gasteiger partial charge in [-0.05, 0) is 31.3 Å². The maximum atomic E-state index is 12.9. The van der Waals surface area contributed by atoms with E-state index in [2.05, 4.69) is 15.4 Å². The average Bonchev–Trinajstić information content (AvgIpc) is 2.66. The topological polar surface area (TPSA) is 96.5 Å². The number of sulfonamides is 1. The lowest BCUT2D eigenvalue weighted by Crippen LogP contribution is -2.23. The molecule has 0 unspecified atom stereocenters. The number of hydrogen-bond donors (Lipinski definition) is 3. The van der Waals surface area contributed by atoms with Gasteiger partial charge in [0, 0.05) is 18.8 Å². The molecule has 0 aliphatic rings. The Morgan fingerprint density at radius 1 is 1.11 bits per heavy atom. The molecule has 3 N–H and O–H groups in total. The Kier molecular flexibility index (Phi) is 6.20. The van der Waals surface area contributed by atoms with Crippen molar-refractivity contribution in [1.29, 1.82) is 0 Å². The van der Waals surface area contributed by atoms with Gasteiger partial charge in [-0.2, -0.15) is 13.2 Å². The number of halogens is 3. The first-order chi connectivity index (χ1) is 13.0. The van der Waals surface area contributed by atoms with Crippen molar-refractivity contribution >= 4 is 27.3 Å². The van der Waals surface area contributed by atoms with E-state index in [0.717, 1.165) is 24.3 Å². The molecule has 0 atom stereocenters. The molecule has 1 amide bonds. The van der Waals surface area contributed by atoms with Gasteiger partial charge in [0.05, 0.1) is 28.8 Å². The number of nitrogens with one attached hydrogen (secondary N) is 3. The van der Waals surface area contributed by atoms with E-state index in [0.29, 0.717) is 0 Å². The lowest BCUT2D eigenvalue weighted by molar-refractivity contribution is -0.137. The second kappa shape index (κ2) is 8.07.